The molecular formula is C18H16F3N3O2. The molecular weight excluding hydrogens is 347 g/mol. The predicted octanol–water partition coefficient (Wildman–Crippen LogP) is 4.44. The fraction of sp³-hybridized carbons (Fsp3) is 0.222. The van der Waals surface area contributed by atoms with E-state index in [2.05, 4.69) is 15.2 Å². The number of anilines is 1. The second kappa shape index (κ2) is 7.47. The summed E-state index contributed by atoms with van der Waals surface area (Å²) in [6, 6.07) is 9.68. The van der Waals surface area contributed by atoms with Crippen LogP contribution in [0.3, 0.4) is 0 Å². The number of benzene rings is 2. The van der Waals surface area contributed by atoms with Gasteiger partial charge in [0.25, 0.3) is 5.91 Å². The number of ether oxygens (including phenoxy) is 1. The molecule has 0 saturated carbocycles. The first-order valence-electron chi connectivity index (χ1n) is 8.01. The molecule has 3 aromatic rings. The number of amides is 1. The average molecular weight is 363 g/mol. The van der Waals surface area contributed by atoms with Crippen LogP contribution in [0.15, 0.2) is 42.5 Å². The number of carbonyl (C=O) groups excluding carboxylic acids is 1. The zero-order chi connectivity index (χ0) is 18.7. The Kier molecular flexibility index (Phi) is 5.11. The van der Waals surface area contributed by atoms with E-state index in [-0.39, 0.29) is 17.1 Å². The number of rotatable bonds is 6. The van der Waals surface area contributed by atoms with Gasteiger partial charge in [0, 0.05) is 17.5 Å². The molecule has 8 heteroatoms. The van der Waals surface area contributed by atoms with Crippen LogP contribution in [0.1, 0.15) is 23.7 Å². The number of hydrogen-bond acceptors (Lipinski definition) is 3. The second-order valence-corrected chi connectivity index (χ2v) is 5.56. The highest BCUT2D eigenvalue weighted by Crippen LogP contribution is 2.32. The topological polar surface area (TPSA) is 56.2 Å². The number of halogens is 3. The molecule has 0 radical (unpaired) electrons. The van der Waals surface area contributed by atoms with Crippen molar-refractivity contribution < 1.29 is 22.7 Å². The molecule has 0 aliphatic carbocycles. The van der Waals surface area contributed by atoms with Gasteiger partial charge in [-0.2, -0.15) is 13.9 Å². The number of fused-ring (bicyclic) bond motifs is 1. The Labute approximate surface area is 147 Å². The highest BCUT2D eigenvalue weighted by Gasteiger charge is 2.18. The maximum absolute atomic E-state index is 13.0. The van der Waals surface area contributed by atoms with Gasteiger partial charge in [0.05, 0.1) is 0 Å². The summed E-state index contributed by atoms with van der Waals surface area (Å²) >= 11 is 0. The van der Waals surface area contributed by atoms with Crippen LogP contribution in [-0.2, 0) is 6.54 Å². The summed E-state index contributed by atoms with van der Waals surface area (Å²) in [5.41, 5.74) is 0.633. The Morgan fingerprint density at radius 2 is 1.96 bits per heavy atom. The number of aryl methyl sites for hydroxylation is 1. The number of nitrogens with one attached hydrogen (secondary N) is 1. The van der Waals surface area contributed by atoms with Gasteiger partial charge in [-0.15, -0.1) is 0 Å². The van der Waals surface area contributed by atoms with E-state index < -0.39 is 18.3 Å². The van der Waals surface area contributed by atoms with Crippen molar-refractivity contribution in [3.05, 3.63) is 53.8 Å². The molecule has 0 saturated heterocycles. The van der Waals surface area contributed by atoms with Crippen molar-refractivity contribution in [2.75, 3.05) is 5.32 Å². The van der Waals surface area contributed by atoms with Gasteiger partial charge < -0.3 is 10.1 Å². The number of nitrogens with zero attached hydrogens (tertiary/aromatic N) is 2. The third-order valence-corrected chi connectivity index (χ3v) is 3.72. The van der Waals surface area contributed by atoms with E-state index in [4.69, 9.17) is 0 Å². The van der Waals surface area contributed by atoms with Crippen LogP contribution in [0.4, 0.5) is 19.0 Å². The van der Waals surface area contributed by atoms with Crippen LogP contribution in [0.5, 0.6) is 5.75 Å². The van der Waals surface area contributed by atoms with E-state index in [0.29, 0.717) is 23.9 Å². The predicted molar refractivity (Wildman–Crippen MR) is 91.0 cm³/mol. The Bertz CT molecular complexity index is 923. The van der Waals surface area contributed by atoms with Crippen molar-refractivity contribution in [2.24, 2.45) is 0 Å². The number of carbonyl (C=O) groups is 1. The molecule has 26 heavy (non-hydrogen) atoms. The Morgan fingerprint density at radius 1 is 1.23 bits per heavy atom. The molecule has 5 nitrogen and oxygen atoms in total. The molecule has 0 atom stereocenters. The van der Waals surface area contributed by atoms with Gasteiger partial charge in [0.1, 0.15) is 11.3 Å². The minimum absolute atomic E-state index is 0.0132. The van der Waals surface area contributed by atoms with Crippen LogP contribution in [0, 0.1) is 5.82 Å². The fourth-order valence-corrected chi connectivity index (χ4v) is 2.64. The summed E-state index contributed by atoms with van der Waals surface area (Å²) < 4.78 is 44.5. The molecule has 2 aromatic carbocycles. The molecule has 0 aliphatic rings. The third-order valence-electron chi connectivity index (χ3n) is 3.72. The first-order chi connectivity index (χ1) is 12.5. The smallest absolute Gasteiger partial charge is 0.387 e. The molecule has 3 rings (SSSR count). The molecule has 1 aromatic heterocycles. The second-order valence-electron chi connectivity index (χ2n) is 5.56. The monoisotopic (exact) mass is 363 g/mol. The van der Waals surface area contributed by atoms with Gasteiger partial charge in [0.2, 0.25) is 0 Å². The van der Waals surface area contributed by atoms with E-state index in [1.165, 1.54) is 35.0 Å². The maximum Gasteiger partial charge on any atom is 0.387 e. The fourth-order valence-electron chi connectivity index (χ4n) is 2.64. The first-order valence-corrected chi connectivity index (χ1v) is 8.01. The number of aromatic nitrogens is 2. The summed E-state index contributed by atoms with van der Waals surface area (Å²) in [7, 11) is 0. The first kappa shape index (κ1) is 17.8. The molecule has 0 spiro atoms. The van der Waals surface area contributed by atoms with Crippen molar-refractivity contribution in [2.45, 2.75) is 26.5 Å². The van der Waals surface area contributed by atoms with Crippen molar-refractivity contribution >= 4 is 22.6 Å². The van der Waals surface area contributed by atoms with E-state index in [9.17, 15) is 18.0 Å². The highest BCUT2D eigenvalue weighted by atomic mass is 19.3. The average Bonchev–Trinajstić information content (AvgIpc) is 2.94. The Hall–Kier alpha value is -3.03. The van der Waals surface area contributed by atoms with Crippen LogP contribution in [0.25, 0.3) is 10.9 Å². The van der Waals surface area contributed by atoms with E-state index in [0.717, 1.165) is 0 Å². The molecule has 0 aliphatic heterocycles. The van der Waals surface area contributed by atoms with Gasteiger partial charge in [-0.3, -0.25) is 9.48 Å². The summed E-state index contributed by atoms with van der Waals surface area (Å²) in [5.74, 6) is -0.718. The third kappa shape index (κ3) is 3.63. The molecule has 0 unspecified atom stereocenters. The maximum atomic E-state index is 13.0. The van der Waals surface area contributed by atoms with E-state index in [1.54, 1.807) is 12.1 Å². The summed E-state index contributed by atoms with van der Waals surface area (Å²) in [4.78, 5) is 12.4. The molecule has 0 fully saturated rings. The van der Waals surface area contributed by atoms with Gasteiger partial charge in [-0.25, -0.2) is 4.39 Å². The molecule has 1 heterocycles. The van der Waals surface area contributed by atoms with E-state index >= 15 is 0 Å². The Morgan fingerprint density at radius 3 is 2.62 bits per heavy atom. The summed E-state index contributed by atoms with van der Waals surface area (Å²) in [6.07, 6.45) is 0.713. The van der Waals surface area contributed by atoms with Crippen LogP contribution < -0.4 is 10.1 Å². The lowest BCUT2D eigenvalue weighted by atomic mass is 10.2. The molecule has 0 bridgehead atoms. The normalized spacial score (nSPS) is 11.1. The molecule has 136 valence electrons. The quantitative estimate of drug-likeness (QED) is 0.704. The highest BCUT2D eigenvalue weighted by molar-refractivity contribution is 6.08. The number of para-hydroxylation sites is 1. The van der Waals surface area contributed by atoms with Crippen molar-refractivity contribution in [1.82, 2.24) is 9.78 Å². The summed E-state index contributed by atoms with van der Waals surface area (Å²) in [5, 5.41) is 7.44. The van der Waals surface area contributed by atoms with Crippen molar-refractivity contribution in [3.63, 3.8) is 0 Å². The van der Waals surface area contributed by atoms with Gasteiger partial charge >= 0.3 is 6.61 Å². The lowest BCUT2D eigenvalue weighted by Gasteiger charge is -2.08. The number of hydrogen-bond donors (Lipinski definition) is 1. The molecule has 1 amide bonds. The molecule has 1 N–H and O–H groups in total. The summed E-state index contributed by atoms with van der Waals surface area (Å²) in [6.45, 7) is -0.587. The van der Waals surface area contributed by atoms with Gasteiger partial charge in [-0.05, 0) is 42.8 Å². The van der Waals surface area contributed by atoms with E-state index in [1.807, 2.05) is 6.92 Å². The Balaban J connectivity index is 2.00. The van der Waals surface area contributed by atoms with Gasteiger partial charge in [0.15, 0.2) is 11.6 Å². The number of alkyl halides is 2. The minimum Gasteiger partial charge on any atom is -0.433 e. The van der Waals surface area contributed by atoms with Crippen molar-refractivity contribution in [1.29, 1.82) is 0 Å². The largest absolute Gasteiger partial charge is 0.433 e. The van der Waals surface area contributed by atoms with Gasteiger partial charge in [-0.1, -0.05) is 13.0 Å². The zero-order valence-electron chi connectivity index (χ0n) is 13.9. The lowest BCUT2D eigenvalue weighted by Crippen LogP contribution is -2.13. The lowest BCUT2D eigenvalue weighted by molar-refractivity contribution is -0.0490. The zero-order valence-corrected chi connectivity index (χ0v) is 13.9. The van der Waals surface area contributed by atoms with Crippen molar-refractivity contribution in [3.8, 4) is 5.75 Å². The van der Waals surface area contributed by atoms with Crippen LogP contribution in [0.2, 0.25) is 0 Å². The SMILES string of the molecule is CCCn1nc(NC(=O)c2ccc(F)cc2)c2cccc(OC(F)F)c21. The van der Waals surface area contributed by atoms with Crippen LogP contribution >= 0.6 is 0 Å². The minimum atomic E-state index is -2.97. The van der Waals surface area contributed by atoms with Crippen LogP contribution in [-0.4, -0.2) is 22.3 Å². The standard InChI is InChI=1S/C18H16F3N3O2/c1-2-10-24-15-13(4-3-5-14(15)26-18(20)21)16(23-24)22-17(25)11-6-8-12(19)9-7-11/h3-9,18H,2,10H2,1H3,(H,22,23,25).